The number of hydrogen-bond acceptors (Lipinski definition) is 4. The van der Waals surface area contributed by atoms with Crippen LogP contribution in [0.5, 0.6) is 0 Å². The molecule has 1 aromatic heterocycles. The third-order valence-electron chi connectivity index (χ3n) is 4.13. The molecule has 6 nitrogen and oxygen atoms in total. The zero-order chi connectivity index (χ0) is 13.9. The van der Waals surface area contributed by atoms with Crippen LogP contribution in [0.1, 0.15) is 32.2 Å². The number of aromatic nitrogens is 2. The normalized spacial score (nSPS) is 31.4. The monoisotopic (exact) mass is 279 g/mol. The lowest BCUT2D eigenvalue weighted by atomic mass is 9.89. The summed E-state index contributed by atoms with van der Waals surface area (Å²) in [4.78, 5) is 12.2. The summed E-state index contributed by atoms with van der Waals surface area (Å²) in [6.45, 7) is 3.20. The third kappa shape index (κ3) is 2.86. The molecule has 1 amide bonds. The van der Waals surface area contributed by atoms with Gasteiger partial charge in [-0.3, -0.25) is 9.48 Å². The topological polar surface area (TPSA) is 65.4 Å². The second kappa shape index (κ2) is 5.93. The molecule has 0 spiro atoms. The van der Waals surface area contributed by atoms with Gasteiger partial charge in [0.25, 0.3) is 0 Å². The van der Waals surface area contributed by atoms with E-state index < -0.39 is 0 Å². The Hall–Kier alpha value is -1.40. The second-order valence-electron chi connectivity index (χ2n) is 5.50. The number of carbonyl (C=O) groups is 1. The highest BCUT2D eigenvalue weighted by Crippen LogP contribution is 2.27. The van der Waals surface area contributed by atoms with Gasteiger partial charge in [-0.15, -0.1) is 0 Å². The molecule has 3 rings (SSSR count). The SMILES string of the molecule is CC(C(=O)NC1CCC2OCCOC2C1)n1cccn1. The van der Waals surface area contributed by atoms with Gasteiger partial charge in [0, 0.05) is 18.4 Å². The molecule has 1 aromatic rings. The maximum Gasteiger partial charge on any atom is 0.244 e. The Morgan fingerprint density at radius 2 is 2.15 bits per heavy atom. The molecule has 2 heterocycles. The van der Waals surface area contributed by atoms with Gasteiger partial charge in [0.1, 0.15) is 6.04 Å². The van der Waals surface area contributed by atoms with Crippen LogP contribution >= 0.6 is 0 Å². The van der Waals surface area contributed by atoms with Crippen LogP contribution in [-0.4, -0.2) is 47.2 Å². The highest BCUT2D eigenvalue weighted by molar-refractivity contribution is 5.80. The molecule has 1 saturated heterocycles. The van der Waals surface area contributed by atoms with Crippen molar-refractivity contribution in [2.75, 3.05) is 13.2 Å². The van der Waals surface area contributed by atoms with Crippen LogP contribution in [0.2, 0.25) is 0 Å². The zero-order valence-electron chi connectivity index (χ0n) is 11.7. The number of fused-ring (bicyclic) bond motifs is 1. The third-order valence-corrected chi connectivity index (χ3v) is 4.13. The van der Waals surface area contributed by atoms with E-state index in [1.165, 1.54) is 0 Å². The second-order valence-corrected chi connectivity index (χ2v) is 5.50. The fraction of sp³-hybridized carbons (Fsp3) is 0.714. The van der Waals surface area contributed by atoms with Gasteiger partial charge in [-0.05, 0) is 32.3 Å². The van der Waals surface area contributed by atoms with Crippen molar-refractivity contribution in [2.24, 2.45) is 0 Å². The summed E-state index contributed by atoms with van der Waals surface area (Å²) in [5.41, 5.74) is 0. The molecule has 1 aliphatic carbocycles. The van der Waals surface area contributed by atoms with Crippen molar-refractivity contribution in [1.82, 2.24) is 15.1 Å². The van der Waals surface area contributed by atoms with E-state index in [2.05, 4.69) is 10.4 Å². The van der Waals surface area contributed by atoms with Crippen LogP contribution in [-0.2, 0) is 14.3 Å². The number of nitrogens with zero attached hydrogens (tertiary/aromatic N) is 2. The van der Waals surface area contributed by atoms with Gasteiger partial charge in [0.2, 0.25) is 5.91 Å². The Labute approximate surface area is 118 Å². The minimum atomic E-state index is -0.286. The molecular weight excluding hydrogens is 258 g/mol. The van der Waals surface area contributed by atoms with Crippen LogP contribution in [0.15, 0.2) is 18.5 Å². The van der Waals surface area contributed by atoms with E-state index in [4.69, 9.17) is 9.47 Å². The van der Waals surface area contributed by atoms with Crippen LogP contribution in [0.25, 0.3) is 0 Å². The number of ether oxygens (including phenoxy) is 2. The highest BCUT2D eigenvalue weighted by atomic mass is 16.6. The molecule has 0 bridgehead atoms. The molecule has 20 heavy (non-hydrogen) atoms. The van der Waals surface area contributed by atoms with E-state index in [1.807, 2.05) is 13.0 Å². The Bertz CT molecular complexity index is 449. The number of hydrogen-bond donors (Lipinski definition) is 1. The van der Waals surface area contributed by atoms with Gasteiger partial charge in [-0.25, -0.2) is 0 Å². The Balaban J connectivity index is 1.54. The van der Waals surface area contributed by atoms with E-state index in [-0.39, 0.29) is 30.2 Å². The molecule has 0 radical (unpaired) electrons. The van der Waals surface area contributed by atoms with Crippen molar-refractivity contribution in [3.63, 3.8) is 0 Å². The largest absolute Gasteiger partial charge is 0.373 e. The first-order valence-corrected chi connectivity index (χ1v) is 7.27. The van der Waals surface area contributed by atoms with Gasteiger partial charge in [-0.1, -0.05) is 0 Å². The van der Waals surface area contributed by atoms with Crippen molar-refractivity contribution in [3.05, 3.63) is 18.5 Å². The molecule has 4 unspecified atom stereocenters. The summed E-state index contributed by atoms with van der Waals surface area (Å²) in [6.07, 6.45) is 6.56. The minimum absolute atomic E-state index is 0.00822. The Morgan fingerprint density at radius 3 is 2.90 bits per heavy atom. The van der Waals surface area contributed by atoms with Crippen LogP contribution in [0.4, 0.5) is 0 Å². The molecule has 2 fully saturated rings. The van der Waals surface area contributed by atoms with Gasteiger partial charge in [0.05, 0.1) is 25.4 Å². The Morgan fingerprint density at radius 1 is 1.35 bits per heavy atom. The number of nitrogens with one attached hydrogen (secondary N) is 1. The van der Waals surface area contributed by atoms with Crippen LogP contribution < -0.4 is 5.32 Å². The lowest BCUT2D eigenvalue weighted by molar-refractivity contribution is -0.159. The minimum Gasteiger partial charge on any atom is -0.373 e. The summed E-state index contributed by atoms with van der Waals surface area (Å²) in [5, 5.41) is 7.21. The smallest absolute Gasteiger partial charge is 0.244 e. The standard InChI is InChI=1S/C14H21N3O3/c1-10(17-6-2-5-15-17)14(18)16-11-3-4-12-13(9-11)20-8-7-19-12/h2,5-6,10-13H,3-4,7-9H2,1H3,(H,16,18). The average Bonchev–Trinajstić information content (AvgIpc) is 3.00. The van der Waals surface area contributed by atoms with E-state index in [0.717, 1.165) is 19.3 Å². The van der Waals surface area contributed by atoms with E-state index in [0.29, 0.717) is 13.2 Å². The van der Waals surface area contributed by atoms with Crippen LogP contribution in [0.3, 0.4) is 0 Å². The fourth-order valence-electron chi connectivity index (χ4n) is 2.95. The molecule has 110 valence electrons. The van der Waals surface area contributed by atoms with Crippen LogP contribution in [0, 0.1) is 0 Å². The number of rotatable bonds is 3. The van der Waals surface area contributed by atoms with Crippen molar-refractivity contribution >= 4 is 5.91 Å². The number of amides is 1. The van der Waals surface area contributed by atoms with Gasteiger partial charge >= 0.3 is 0 Å². The summed E-state index contributed by atoms with van der Waals surface area (Å²) in [6, 6.07) is 1.71. The lowest BCUT2D eigenvalue weighted by Gasteiger charge is -2.39. The predicted octanol–water partition coefficient (Wildman–Crippen LogP) is 0.897. The zero-order valence-corrected chi connectivity index (χ0v) is 11.7. The highest BCUT2D eigenvalue weighted by Gasteiger charge is 2.35. The van der Waals surface area contributed by atoms with E-state index >= 15 is 0 Å². The predicted molar refractivity (Wildman–Crippen MR) is 72.2 cm³/mol. The Kier molecular flexibility index (Phi) is 4.03. The average molecular weight is 279 g/mol. The van der Waals surface area contributed by atoms with E-state index in [9.17, 15) is 4.79 Å². The summed E-state index contributed by atoms with van der Waals surface area (Å²) < 4.78 is 13.1. The first kappa shape index (κ1) is 13.6. The summed E-state index contributed by atoms with van der Waals surface area (Å²) >= 11 is 0. The molecule has 0 aromatic carbocycles. The molecule has 6 heteroatoms. The molecule has 2 aliphatic rings. The van der Waals surface area contributed by atoms with Gasteiger partial charge in [0.15, 0.2) is 0 Å². The van der Waals surface area contributed by atoms with Crippen molar-refractivity contribution in [3.8, 4) is 0 Å². The van der Waals surface area contributed by atoms with Gasteiger partial charge < -0.3 is 14.8 Å². The molecule has 1 saturated carbocycles. The summed E-state index contributed by atoms with van der Waals surface area (Å²) in [7, 11) is 0. The summed E-state index contributed by atoms with van der Waals surface area (Å²) in [5.74, 6) is 0.00822. The fourth-order valence-corrected chi connectivity index (χ4v) is 2.95. The first-order chi connectivity index (χ1) is 9.74. The quantitative estimate of drug-likeness (QED) is 0.892. The van der Waals surface area contributed by atoms with Crippen molar-refractivity contribution in [1.29, 1.82) is 0 Å². The van der Waals surface area contributed by atoms with Crippen molar-refractivity contribution < 1.29 is 14.3 Å². The maximum absolute atomic E-state index is 12.2. The molecule has 1 N–H and O–H groups in total. The lowest BCUT2D eigenvalue weighted by Crippen LogP contribution is -2.50. The maximum atomic E-state index is 12.2. The molecule has 1 aliphatic heterocycles. The van der Waals surface area contributed by atoms with Crippen molar-refractivity contribution in [2.45, 2.75) is 50.5 Å². The van der Waals surface area contributed by atoms with E-state index in [1.54, 1.807) is 17.1 Å². The molecule has 4 atom stereocenters. The molecular formula is C14H21N3O3. The first-order valence-electron chi connectivity index (χ1n) is 7.27. The number of carbonyl (C=O) groups excluding carboxylic acids is 1. The van der Waals surface area contributed by atoms with Gasteiger partial charge in [-0.2, -0.15) is 5.10 Å².